The number of anilines is 1. The van der Waals surface area contributed by atoms with E-state index in [4.69, 9.17) is 11.6 Å². The lowest BCUT2D eigenvalue weighted by Gasteiger charge is -2.14. The maximum Gasteiger partial charge on any atom is 0.244 e. The first kappa shape index (κ1) is 22.7. The van der Waals surface area contributed by atoms with Crippen LogP contribution >= 0.6 is 11.6 Å². The Morgan fingerprint density at radius 2 is 1.79 bits per heavy atom. The summed E-state index contributed by atoms with van der Waals surface area (Å²) in [6.45, 7) is 1.51. The van der Waals surface area contributed by atoms with Crippen LogP contribution in [0, 0.1) is 12.7 Å². The number of hydrogen-bond donors (Lipinski definition) is 1. The van der Waals surface area contributed by atoms with Crippen molar-refractivity contribution in [2.24, 2.45) is 0 Å². The van der Waals surface area contributed by atoms with Crippen molar-refractivity contribution in [3.63, 3.8) is 0 Å². The fourth-order valence-electron chi connectivity index (χ4n) is 3.42. The number of benzene rings is 3. The third-order valence-electron chi connectivity index (χ3n) is 5.12. The summed E-state index contributed by atoms with van der Waals surface area (Å²) in [5.41, 5.74) is 0.698. The van der Waals surface area contributed by atoms with Gasteiger partial charge in [-0.3, -0.25) is 9.59 Å². The van der Waals surface area contributed by atoms with Crippen LogP contribution in [0.25, 0.3) is 10.9 Å². The van der Waals surface area contributed by atoms with Gasteiger partial charge in [-0.1, -0.05) is 35.9 Å². The van der Waals surface area contributed by atoms with E-state index in [0.29, 0.717) is 10.7 Å². The number of halogens is 2. The number of pyridine rings is 1. The number of carbonyl (C=O) groups is 1. The average molecular weight is 485 g/mol. The van der Waals surface area contributed by atoms with Crippen molar-refractivity contribution in [3.8, 4) is 0 Å². The zero-order valence-electron chi connectivity index (χ0n) is 17.4. The van der Waals surface area contributed by atoms with Gasteiger partial charge in [-0.05, 0) is 55.0 Å². The number of rotatable bonds is 5. The van der Waals surface area contributed by atoms with E-state index in [1.54, 1.807) is 24.3 Å². The van der Waals surface area contributed by atoms with E-state index in [1.165, 1.54) is 34.9 Å². The number of nitrogens with one attached hydrogen (secondary N) is 1. The second-order valence-corrected chi connectivity index (χ2v) is 9.77. The highest BCUT2D eigenvalue weighted by Crippen LogP contribution is 2.23. The van der Waals surface area contributed by atoms with Gasteiger partial charge in [0.2, 0.25) is 21.2 Å². The molecule has 4 rings (SSSR count). The maximum absolute atomic E-state index is 13.9. The quantitative estimate of drug-likeness (QED) is 0.449. The molecule has 0 saturated heterocycles. The van der Waals surface area contributed by atoms with Gasteiger partial charge in [-0.25, -0.2) is 12.8 Å². The lowest BCUT2D eigenvalue weighted by molar-refractivity contribution is -0.116. The summed E-state index contributed by atoms with van der Waals surface area (Å²) in [4.78, 5) is 25.1. The molecule has 6 nitrogen and oxygen atoms in total. The van der Waals surface area contributed by atoms with Gasteiger partial charge >= 0.3 is 0 Å². The molecule has 168 valence electrons. The lowest BCUT2D eigenvalue weighted by atomic mass is 10.2. The first-order chi connectivity index (χ1) is 15.7. The Labute approximate surface area is 194 Å². The number of aryl methyl sites for hydroxylation is 1. The molecule has 1 amide bonds. The molecule has 33 heavy (non-hydrogen) atoms. The molecular weight excluding hydrogens is 467 g/mol. The Kier molecular flexibility index (Phi) is 6.05. The first-order valence-corrected chi connectivity index (χ1v) is 11.7. The zero-order chi connectivity index (χ0) is 23.8. The smallest absolute Gasteiger partial charge is 0.244 e. The van der Waals surface area contributed by atoms with E-state index in [9.17, 15) is 22.4 Å². The summed E-state index contributed by atoms with van der Waals surface area (Å²) in [5, 5.41) is 3.03. The van der Waals surface area contributed by atoms with E-state index < -0.39 is 31.9 Å². The Bertz CT molecular complexity index is 1550. The number of amides is 1. The predicted molar refractivity (Wildman–Crippen MR) is 125 cm³/mol. The van der Waals surface area contributed by atoms with Crippen molar-refractivity contribution in [3.05, 3.63) is 99.6 Å². The molecule has 0 aliphatic heterocycles. The van der Waals surface area contributed by atoms with Gasteiger partial charge in [-0.2, -0.15) is 0 Å². The Morgan fingerprint density at radius 3 is 2.48 bits per heavy atom. The average Bonchev–Trinajstić information content (AvgIpc) is 2.78. The molecule has 4 aromatic rings. The van der Waals surface area contributed by atoms with Crippen molar-refractivity contribution in [2.75, 3.05) is 5.32 Å². The standard InChI is InChI=1S/C24H18ClFN2O4S/c1-15-7-9-17(12-20(15)25)27-23(29)14-28-13-22(33(31,32)18-5-3-2-4-6-18)24(30)19-11-16(26)8-10-21(19)28/h2-13H,14H2,1H3,(H,27,29). The maximum atomic E-state index is 13.9. The highest BCUT2D eigenvalue weighted by atomic mass is 35.5. The summed E-state index contributed by atoms with van der Waals surface area (Å²) in [6.07, 6.45) is 1.12. The molecule has 0 aliphatic carbocycles. The molecule has 3 aromatic carbocycles. The van der Waals surface area contributed by atoms with Crippen molar-refractivity contribution < 1.29 is 17.6 Å². The van der Waals surface area contributed by atoms with E-state index in [2.05, 4.69) is 5.32 Å². The molecule has 0 saturated carbocycles. The number of hydrogen-bond acceptors (Lipinski definition) is 4. The van der Waals surface area contributed by atoms with Crippen LogP contribution in [0.5, 0.6) is 0 Å². The molecular formula is C24H18ClFN2O4S. The first-order valence-electron chi connectivity index (χ1n) is 9.85. The monoisotopic (exact) mass is 484 g/mol. The molecule has 0 bridgehead atoms. The highest BCUT2D eigenvalue weighted by Gasteiger charge is 2.24. The molecule has 1 aromatic heterocycles. The predicted octanol–water partition coefficient (Wildman–Crippen LogP) is 4.57. The van der Waals surface area contributed by atoms with Crippen LogP contribution in [0.15, 0.2) is 87.5 Å². The van der Waals surface area contributed by atoms with Crippen LogP contribution in [0.2, 0.25) is 5.02 Å². The number of aromatic nitrogens is 1. The summed E-state index contributed by atoms with van der Waals surface area (Å²) >= 11 is 6.10. The molecule has 0 fully saturated rings. The molecule has 1 heterocycles. The minimum atomic E-state index is -4.21. The van der Waals surface area contributed by atoms with Crippen LogP contribution in [-0.2, 0) is 21.2 Å². The van der Waals surface area contributed by atoms with Crippen molar-refractivity contribution in [2.45, 2.75) is 23.3 Å². The third kappa shape index (κ3) is 4.53. The van der Waals surface area contributed by atoms with E-state index in [-0.39, 0.29) is 22.3 Å². The van der Waals surface area contributed by atoms with Crippen molar-refractivity contribution in [1.29, 1.82) is 0 Å². The van der Waals surface area contributed by atoms with E-state index in [0.717, 1.165) is 23.9 Å². The third-order valence-corrected chi connectivity index (χ3v) is 7.29. The van der Waals surface area contributed by atoms with Crippen LogP contribution in [0.4, 0.5) is 10.1 Å². The molecule has 9 heteroatoms. The second kappa shape index (κ2) is 8.80. The van der Waals surface area contributed by atoms with E-state index in [1.807, 2.05) is 6.92 Å². The van der Waals surface area contributed by atoms with Gasteiger partial charge in [0.25, 0.3) is 0 Å². The topological polar surface area (TPSA) is 85.2 Å². The molecule has 0 atom stereocenters. The molecule has 0 aliphatic rings. The van der Waals surface area contributed by atoms with Gasteiger partial charge in [0, 0.05) is 22.3 Å². The summed E-state index contributed by atoms with van der Waals surface area (Å²) in [5.74, 6) is -1.17. The fraction of sp³-hybridized carbons (Fsp3) is 0.0833. The molecule has 1 N–H and O–H groups in total. The van der Waals surface area contributed by atoms with Gasteiger partial charge in [-0.15, -0.1) is 0 Å². The summed E-state index contributed by atoms with van der Waals surface area (Å²) in [6, 6.07) is 15.9. The molecule has 0 spiro atoms. The summed E-state index contributed by atoms with van der Waals surface area (Å²) < 4.78 is 41.6. The normalized spacial score (nSPS) is 11.5. The SMILES string of the molecule is Cc1ccc(NC(=O)Cn2cc(S(=O)(=O)c3ccccc3)c(=O)c3cc(F)ccc32)cc1Cl. The van der Waals surface area contributed by atoms with Crippen molar-refractivity contribution in [1.82, 2.24) is 4.57 Å². The second-order valence-electron chi connectivity index (χ2n) is 7.44. The molecule has 0 radical (unpaired) electrons. The summed E-state index contributed by atoms with van der Waals surface area (Å²) in [7, 11) is -4.21. The van der Waals surface area contributed by atoms with Gasteiger partial charge < -0.3 is 9.88 Å². The Morgan fingerprint density at radius 1 is 1.06 bits per heavy atom. The van der Waals surface area contributed by atoms with Gasteiger partial charge in [0.05, 0.1) is 10.4 Å². The largest absolute Gasteiger partial charge is 0.336 e. The van der Waals surface area contributed by atoms with Crippen LogP contribution in [0.3, 0.4) is 0 Å². The number of nitrogens with zero attached hydrogens (tertiary/aromatic N) is 1. The highest BCUT2D eigenvalue weighted by molar-refractivity contribution is 7.91. The van der Waals surface area contributed by atoms with E-state index >= 15 is 0 Å². The number of sulfone groups is 1. The number of fused-ring (bicyclic) bond motifs is 1. The number of carbonyl (C=O) groups excluding carboxylic acids is 1. The zero-order valence-corrected chi connectivity index (χ0v) is 19.0. The molecule has 0 unspecified atom stereocenters. The van der Waals surface area contributed by atoms with Gasteiger partial charge in [0.1, 0.15) is 17.3 Å². The fourth-order valence-corrected chi connectivity index (χ4v) is 4.99. The lowest BCUT2D eigenvalue weighted by Crippen LogP contribution is -2.24. The van der Waals surface area contributed by atoms with Crippen LogP contribution in [-0.4, -0.2) is 18.9 Å². The Balaban J connectivity index is 1.81. The minimum absolute atomic E-state index is 0.0804. The Hall–Kier alpha value is -3.49. The van der Waals surface area contributed by atoms with Crippen LogP contribution in [0.1, 0.15) is 5.56 Å². The van der Waals surface area contributed by atoms with Crippen LogP contribution < -0.4 is 10.7 Å². The minimum Gasteiger partial charge on any atom is -0.336 e. The van der Waals surface area contributed by atoms with Gasteiger partial charge in [0.15, 0.2) is 0 Å². The van der Waals surface area contributed by atoms with Crippen molar-refractivity contribution >= 4 is 43.9 Å².